The van der Waals surface area contributed by atoms with Crippen LogP contribution in [-0.2, 0) is 0 Å². The van der Waals surface area contributed by atoms with Gasteiger partial charge in [0, 0.05) is 24.3 Å². The van der Waals surface area contributed by atoms with E-state index in [4.69, 9.17) is 4.74 Å². The van der Waals surface area contributed by atoms with Crippen LogP contribution < -0.4 is 4.74 Å². The SMILES string of the molecule is CN(C)CCOc1ccc(C#CCCS)cc1. The summed E-state index contributed by atoms with van der Waals surface area (Å²) in [6.45, 7) is 1.63. The topological polar surface area (TPSA) is 12.5 Å². The third-order valence-corrected chi connectivity index (χ3v) is 2.35. The maximum atomic E-state index is 5.60. The Labute approximate surface area is 109 Å². The van der Waals surface area contributed by atoms with Crippen molar-refractivity contribution in [2.75, 3.05) is 33.0 Å². The smallest absolute Gasteiger partial charge is 0.119 e. The third kappa shape index (κ3) is 6.25. The molecule has 0 saturated heterocycles. The van der Waals surface area contributed by atoms with Crippen molar-refractivity contribution < 1.29 is 4.74 Å². The highest BCUT2D eigenvalue weighted by atomic mass is 32.1. The zero-order valence-corrected chi connectivity index (χ0v) is 11.3. The minimum atomic E-state index is 0.706. The molecule has 0 bridgehead atoms. The summed E-state index contributed by atoms with van der Waals surface area (Å²) in [4.78, 5) is 2.09. The number of hydrogen-bond donors (Lipinski definition) is 1. The summed E-state index contributed by atoms with van der Waals surface area (Å²) in [7, 11) is 4.06. The lowest BCUT2D eigenvalue weighted by Gasteiger charge is -2.10. The first-order chi connectivity index (χ1) is 8.22. The van der Waals surface area contributed by atoms with Gasteiger partial charge in [0.2, 0.25) is 0 Å². The second kappa shape index (κ2) is 8.05. The number of ether oxygens (including phenoxy) is 1. The van der Waals surface area contributed by atoms with E-state index in [1.165, 1.54) is 0 Å². The van der Waals surface area contributed by atoms with E-state index in [-0.39, 0.29) is 0 Å². The summed E-state index contributed by atoms with van der Waals surface area (Å²) < 4.78 is 5.60. The summed E-state index contributed by atoms with van der Waals surface area (Å²) in [6, 6.07) is 7.88. The van der Waals surface area contributed by atoms with Gasteiger partial charge in [0.15, 0.2) is 0 Å². The van der Waals surface area contributed by atoms with Gasteiger partial charge in [-0.3, -0.25) is 0 Å². The van der Waals surface area contributed by atoms with Crippen LogP contribution in [0.15, 0.2) is 24.3 Å². The summed E-state index contributed by atoms with van der Waals surface area (Å²) in [6.07, 6.45) is 0.824. The highest BCUT2D eigenvalue weighted by molar-refractivity contribution is 7.80. The zero-order valence-electron chi connectivity index (χ0n) is 10.4. The molecular formula is C14H19NOS. The molecule has 1 aromatic carbocycles. The van der Waals surface area contributed by atoms with E-state index in [2.05, 4.69) is 29.4 Å². The molecule has 3 heteroatoms. The van der Waals surface area contributed by atoms with Crippen molar-refractivity contribution in [3.05, 3.63) is 29.8 Å². The molecule has 0 aliphatic heterocycles. The van der Waals surface area contributed by atoms with Crippen LogP contribution in [0.3, 0.4) is 0 Å². The Bertz CT molecular complexity index is 375. The molecule has 17 heavy (non-hydrogen) atoms. The molecule has 1 aromatic rings. The van der Waals surface area contributed by atoms with E-state index < -0.39 is 0 Å². The van der Waals surface area contributed by atoms with Crippen LogP contribution in [-0.4, -0.2) is 37.9 Å². The number of thiol groups is 1. The van der Waals surface area contributed by atoms with Crippen molar-refractivity contribution in [1.82, 2.24) is 4.90 Å². The van der Waals surface area contributed by atoms with Crippen molar-refractivity contribution in [2.24, 2.45) is 0 Å². The van der Waals surface area contributed by atoms with Gasteiger partial charge < -0.3 is 9.64 Å². The number of rotatable bonds is 5. The highest BCUT2D eigenvalue weighted by Crippen LogP contribution is 2.11. The summed E-state index contributed by atoms with van der Waals surface area (Å²) in [5.74, 6) is 7.84. The highest BCUT2D eigenvalue weighted by Gasteiger charge is 1.94. The molecule has 0 aliphatic rings. The second-order valence-corrected chi connectivity index (χ2v) is 4.40. The standard InChI is InChI=1S/C14H19NOS/c1-15(2)10-11-16-14-8-6-13(7-9-14)5-3-4-12-17/h6-9,17H,4,10-12H2,1-2H3. The summed E-state index contributed by atoms with van der Waals surface area (Å²) in [5.41, 5.74) is 1.02. The monoisotopic (exact) mass is 249 g/mol. The van der Waals surface area contributed by atoms with E-state index in [9.17, 15) is 0 Å². The zero-order chi connectivity index (χ0) is 12.5. The van der Waals surface area contributed by atoms with Gasteiger partial charge in [0.05, 0.1) is 0 Å². The van der Waals surface area contributed by atoms with Crippen LogP contribution in [0.4, 0.5) is 0 Å². The van der Waals surface area contributed by atoms with E-state index in [1.807, 2.05) is 38.4 Å². The van der Waals surface area contributed by atoms with Gasteiger partial charge in [0.1, 0.15) is 12.4 Å². The molecule has 0 fully saturated rings. The number of benzene rings is 1. The largest absolute Gasteiger partial charge is 0.492 e. The van der Waals surface area contributed by atoms with Crippen molar-refractivity contribution >= 4 is 12.6 Å². The lowest BCUT2D eigenvalue weighted by Crippen LogP contribution is -2.19. The van der Waals surface area contributed by atoms with Crippen LogP contribution in [0.25, 0.3) is 0 Å². The van der Waals surface area contributed by atoms with E-state index >= 15 is 0 Å². The predicted octanol–water partition coefficient (Wildman–Crippen LogP) is 2.30. The molecule has 0 amide bonds. The Morgan fingerprint density at radius 1 is 1.24 bits per heavy atom. The van der Waals surface area contributed by atoms with Crippen molar-refractivity contribution in [3.63, 3.8) is 0 Å². The minimum Gasteiger partial charge on any atom is -0.492 e. The van der Waals surface area contributed by atoms with Gasteiger partial charge in [-0.15, -0.1) is 0 Å². The second-order valence-electron chi connectivity index (χ2n) is 3.95. The van der Waals surface area contributed by atoms with E-state index in [1.54, 1.807) is 0 Å². The fourth-order valence-corrected chi connectivity index (χ4v) is 1.31. The molecule has 92 valence electrons. The lowest BCUT2D eigenvalue weighted by atomic mass is 10.2. The molecule has 0 saturated carbocycles. The van der Waals surface area contributed by atoms with Gasteiger partial charge in [0.25, 0.3) is 0 Å². The minimum absolute atomic E-state index is 0.706. The van der Waals surface area contributed by atoms with Crippen molar-refractivity contribution in [2.45, 2.75) is 6.42 Å². The molecule has 0 aliphatic carbocycles. The molecule has 0 heterocycles. The Balaban J connectivity index is 2.43. The third-order valence-electron chi connectivity index (χ3n) is 2.13. The molecule has 2 nitrogen and oxygen atoms in total. The number of hydrogen-bond acceptors (Lipinski definition) is 3. The first-order valence-electron chi connectivity index (χ1n) is 5.69. The molecule has 0 spiro atoms. The van der Waals surface area contributed by atoms with Crippen LogP contribution in [0, 0.1) is 11.8 Å². The van der Waals surface area contributed by atoms with Gasteiger partial charge in [-0.2, -0.15) is 12.6 Å². The fraction of sp³-hybridized carbons (Fsp3) is 0.429. The average Bonchev–Trinajstić information content (AvgIpc) is 2.31. The van der Waals surface area contributed by atoms with Crippen molar-refractivity contribution in [1.29, 1.82) is 0 Å². The molecule has 0 radical (unpaired) electrons. The maximum absolute atomic E-state index is 5.60. The predicted molar refractivity (Wildman–Crippen MR) is 75.8 cm³/mol. The quantitative estimate of drug-likeness (QED) is 0.635. The van der Waals surface area contributed by atoms with Crippen LogP contribution in [0.5, 0.6) is 5.75 Å². The molecule has 0 unspecified atom stereocenters. The summed E-state index contributed by atoms with van der Waals surface area (Å²) in [5, 5.41) is 0. The molecule has 0 atom stereocenters. The van der Waals surface area contributed by atoms with Gasteiger partial charge in [-0.25, -0.2) is 0 Å². The Morgan fingerprint density at radius 3 is 2.53 bits per heavy atom. The van der Waals surface area contributed by atoms with Crippen LogP contribution in [0.1, 0.15) is 12.0 Å². The number of likely N-dealkylation sites (N-methyl/N-ethyl adjacent to an activating group) is 1. The summed E-state index contributed by atoms with van der Waals surface area (Å²) >= 11 is 4.11. The van der Waals surface area contributed by atoms with Crippen molar-refractivity contribution in [3.8, 4) is 17.6 Å². The normalized spacial score (nSPS) is 9.88. The van der Waals surface area contributed by atoms with Gasteiger partial charge in [-0.05, 0) is 38.4 Å². The first-order valence-corrected chi connectivity index (χ1v) is 6.33. The average molecular weight is 249 g/mol. The Kier molecular flexibility index (Phi) is 6.61. The Morgan fingerprint density at radius 2 is 1.94 bits per heavy atom. The molecule has 0 N–H and O–H groups in total. The van der Waals surface area contributed by atoms with E-state index in [0.29, 0.717) is 6.61 Å². The molecule has 1 rings (SSSR count). The number of nitrogens with zero attached hydrogens (tertiary/aromatic N) is 1. The lowest BCUT2D eigenvalue weighted by molar-refractivity contribution is 0.261. The molecule has 0 aromatic heterocycles. The maximum Gasteiger partial charge on any atom is 0.119 e. The van der Waals surface area contributed by atoms with Gasteiger partial charge in [-0.1, -0.05) is 11.8 Å². The Hall–Kier alpha value is -1.11. The van der Waals surface area contributed by atoms with Crippen LogP contribution in [0.2, 0.25) is 0 Å². The fourth-order valence-electron chi connectivity index (χ4n) is 1.20. The molecular weight excluding hydrogens is 230 g/mol. The van der Waals surface area contributed by atoms with Crippen LogP contribution >= 0.6 is 12.6 Å². The van der Waals surface area contributed by atoms with Gasteiger partial charge >= 0.3 is 0 Å². The first kappa shape index (κ1) is 14.0. The van der Waals surface area contributed by atoms with E-state index in [0.717, 1.165) is 30.0 Å².